The Balaban J connectivity index is 1.73. The molecule has 2 fully saturated rings. The van der Waals surface area contributed by atoms with E-state index < -0.39 is 0 Å². The third-order valence-corrected chi connectivity index (χ3v) is 5.21. The van der Waals surface area contributed by atoms with Crippen molar-refractivity contribution in [2.24, 2.45) is 16.8 Å². The monoisotopic (exact) mass is 350 g/mol. The molecule has 1 saturated heterocycles. The average molecular weight is 351 g/mol. The first kappa shape index (κ1) is 19.7. The number of likely N-dealkylation sites (tertiary alicyclic amines) is 1. The lowest BCUT2D eigenvalue weighted by atomic mass is 9.81. The van der Waals surface area contributed by atoms with Crippen LogP contribution in [-0.4, -0.2) is 48.9 Å². The number of piperidine rings is 1. The Morgan fingerprint density at radius 2 is 1.92 bits per heavy atom. The normalized spacial score (nSPS) is 25.2. The number of hydrogen-bond acceptors (Lipinski definition) is 3. The Hall–Kier alpha value is -1.59. The van der Waals surface area contributed by atoms with Gasteiger partial charge in [0.2, 0.25) is 11.8 Å². The molecule has 0 aromatic heterocycles. The van der Waals surface area contributed by atoms with E-state index in [0.717, 1.165) is 37.3 Å². The van der Waals surface area contributed by atoms with E-state index in [9.17, 15) is 9.59 Å². The zero-order valence-corrected chi connectivity index (χ0v) is 15.9. The summed E-state index contributed by atoms with van der Waals surface area (Å²) in [5.74, 6) is 2.34. The summed E-state index contributed by atoms with van der Waals surface area (Å²) >= 11 is 0. The van der Waals surface area contributed by atoms with E-state index in [1.54, 1.807) is 0 Å². The molecule has 25 heavy (non-hydrogen) atoms. The number of rotatable bonds is 7. The van der Waals surface area contributed by atoms with E-state index in [0.29, 0.717) is 32.4 Å². The lowest BCUT2D eigenvalue weighted by Crippen LogP contribution is -2.46. The molecule has 1 saturated carbocycles. The van der Waals surface area contributed by atoms with Gasteiger partial charge in [-0.3, -0.25) is 19.5 Å². The molecule has 0 bridgehead atoms. The van der Waals surface area contributed by atoms with Crippen LogP contribution in [0.1, 0.15) is 65.2 Å². The van der Waals surface area contributed by atoms with Gasteiger partial charge in [-0.25, -0.2) is 0 Å². The van der Waals surface area contributed by atoms with Gasteiger partial charge < -0.3 is 10.6 Å². The van der Waals surface area contributed by atoms with Crippen molar-refractivity contribution >= 4 is 17.8 Å². The number of guanidine groups is 1. The van der Waals surface area contributed by atoms with Crippen molar-refractivity contribution in [3.8, 4) is 0 Å². The molecule has 142 valence electrons. The van der Waals surface area contributed by atoms with Gasteiger partial charge in [0, 0.05) is 39.0 Å². The maximum atomic E-state index is 11.8. The van der Waals surface area contributed by atoms with Crippen molar-refractivity contribution in [2.75, 3.05) is 26.2 Å². The molecule has 0 radical (unpaired) electrons. The van der Waals surface area contributed by atoms with Crippen LogP contribution in [0.5, 0.6) is 0 Å². The minimum Gasteiger partial charge on any atom is -0.357 e. The van der Waals surface area contributed by atoms with Gasteiger partial charge in [-0.05, 0) is 38.0 Å². The predicted molar refractivity (Wildman–Crippen MR) is 100 cm³/mol. The molecule has 2 N–H and O–H groups in total. The summed E-state index contributed by atoms with van der Waals surface area (Å²) < 4.78 is 0. The molecule has 2 unspecified atom stereocenters. The van der Waals surface area contributed by atoms with Crippen LogP contribution in [-0.2, 0) is 9.59 Å². The molecule has 1 aliphatic carbocycles. The van der Waals surface area contributed by atoms with Crippen molar-refractivity contribution in [3.63, 3.8) is 0 Å². The summed E-state index contributed by atoms with van der Waals surface area (Å²) in [6.07, 6.45) is 8.19. The fourth-order valence-electron chi connectivity index (χ4n) is 3.86. The first-order valence-electron chi connectivity index (χ1n) is 9.95. The van der Waals surface area contributed by atoms with E-state index in [1.807, 2.05) is 6.92 Å². The van der Waals surface area contributed by atoms with Crippen molar-refractivity contribution in [2.45, 2.75) is 65.2 Å². The second-order valence-electron chi connectivity index (χ2n) is 7.41. The average Bonchev–Trinajstić information content (AvgIpc) is 2.57. The van der Waals surface area contributed by atoms with Crippen molar-refractivity contribution in [1.29, 1.82) is 0 Å². The van der Waals surface area contributed by atoms with E-state index in [1.165, 1.54) is 30.6 Å². The predicted octanol–water partition coefficient (Wildman–Crippen LogP) is 2.30. The number of amides is 2. The van der Waals surface area contributed by atoms with E-state index in [4.69, 9.17) is 0 Å². The standard InChI is InChI=1S/C19H34N4O2/c1-3-20-19(21-11-10-16-7-4-6-15(2)14-16)22-12-13-23-17(24)8-5-9-18(23)25/h15-16H,3-14H2,1-2H3,(H2,20,21,22). The van der Waals surface area contributed by atoms with Crippen molar-refractivity contribution < 1.29 is 9.59 Å². The zero-order chi connectivity index (χ0) is 18.1. The van der Waals surface area contributed by atoms with Crippen LogP contribution in [0.3, 0.4) is 0 Å². The fraction of sp³-hybridized carbons (Fsp3) is 0.842. The molecule has 1 aliphatic heterocycles. The van der Waals surface area contributed by atoms with Crippen molar-refractivity contribution in [3.05, 3.63) is 0 Å². The van der Waals surface area contributed by atoms with Gasteiger partial charge in [0.25, 0.3) is 0 Å². The van der Waals surface area contributed by atoms with Crippen LogP contribution >= 0.6 is 0 Å². The van der Waals surface area contributed by atoms with E-state index in [-0.39, 0.29) is 11.8 Å². The summed E-state index contributed by atoms with van der Waals surface area (Å²) in [6, 6.07) is 0. The molecule has 0 spiro atoms. The highest BCUT2D eigenvalue weighted by Crippen LogP contribution is 2.30. The second-order valence-corrected chi connectivity index (χ2v) is 7.41. The Bertz CT molecular complexity index is 462. The maximum Gasteiger partial charge on any atom is 0.229 e. The first-order valence-corrected chi connectivity index (χ1v) is 9.95. The van der Waals surface area contributed by atoms with Crippen LogP contribution < -0.4 is 10.6 Å². The van der Waals surface area contributed by atoms with Gasteiger partial charge in [0.05, 0.1) is 0 Å². The molecule has 0 aromatic carbocycles. The van der Waals surface area contributed by atoms with Crippen LogP contribution in [0.4, 0.5) is 0 Å². The van der Waals surface area contributed by atoms with Crippen LogP contribution in [0, 0.1) is 11.8 Å². The highest BCUT2D eigenvalue weighted by atomic mass is 16.2. The second kappa shape index (κ2) is 10.4. The van der Waals surface area contributed by atoms with Crippen LogP contribution in [0.2, 0.25) is 0 Å². The lowest BCUT2D eigenvalue weighted by molar-refractivity contribution is -0.147. The molecule has 6 nitrogen and oxygen atoms in total. The Kier molecular flexibility index (Phi) is 8.22. The Labute approximate surface area is 151 Å². The smallest absolute Gasteiger partial charge is 0.229 e. The molecule has 2 atom stereocenters. The Morgan fingerprint density at radius 3 is 2.60 bits per heavy atom. The highest BCUT2D eigenvalue weighted by molar-refractivity contribution is 5.97. The summed E-state index contributed by atoms with van der Waals surface area (Å²) in [5, 5.41) is 6.49. The molecule has 2 aliphatic rings. The zero-order valence-electron chi connectivity index (χ0n) is 15.9. The number of imide groups is 1. The summed E-state index contributed by atoms with van der Waals surface area (Å²) in [5.41, 5.74) is 0. The largest absolute Gasteiger partial charge is 0.357 e. The molecule has 1 heterocycles. The highest BCUT2D eigenvalue weighted by Gasteiger charge is 2.25. The quantitative estimate of drug-likeness (QED) is 0.420. The van der Waals surface area contributed by atoms with Crippen LogP contribution in [0.25, 0.3) is 0 Å². The number of carbonyl (C=O) groups excluding carboxylic acids is 2. The first-order chi connectivity index (χ1) is 12.1. The number of hydrogen-bond donors (Lipinski definition) is 2. The number of nitrogens with zero attached hydrogens (tertiary/aromatic N) is 2. The number of nitrogens with one attached hydrogen (secondary N) is 2. The SMILES string of the molecule is CCNC(=NCCC1CCCC(C)C1)NCCN1C(=O)CCCC1=O. The topological polar surface area (TPSA) is 73.8 Å². The van der Waals surface area contributed by atoms with Gasteiger partial charge in [-0.2, -0.15) is 0 Å². The van der Waals surface area contributed by atoms with E-state index >= 15 is 0 Å². The van der Waals surface area contributed by atoms with Gasteiger partial charge in [-0.15, -0.1) is 0 Å². The molecule has 2 amide bonds. The third-order valence-electron chi connectivity index (χ3n) is 5.21. The minimum absolute atomic E-state index is 0.0496. The van der Waals surface area contributed by atoms with Gasteiger partial charge >= 0.3 is 0 Å². The summed E-state index contributed by atoms with van der Waals surface area (Å²) in [6.45, 7) is 6.98. The van der Waals surface area contributed by atoms with Crippen molar-refractivity contribution in [1.82, 2.24) is 15.5 Å². The Morgan fingerprint density at radius 1 is 1.16 bits per heavy atom. The number of aliphatic imine (C=N–C) groups is 1. The molecule has 2 rings (SSSR count). The van der Waals surface area contributed by atoms with Gasteiger partial charge in [0.15, 0.2) is 5.96 Å². The van der Waals surface area contributed by atoms with Crippen LogP contribution in [0.15, 0.2) is 4.99 Å². The molecule has 6 heteroatoms. The molecule has 0 aromatic rings. The molecular weight excluding hydrogens is 316 g/mol. The van der Waals surface area contributed by atoms with E-state index in [2.05, 4.69) is 22.5 Å². The summed E-state index contributed by atoms with van der Waals surface area (Å²) in [4.78, 5) is 29.7. The van der Waals surface area contributed by atoms with Gasteiger partial charge in [0.1, 0.15) is 0 Å². The summed E-state index contributed by atoms with van der Waals surface area (Å²) in [7, 11) is 0. The third kappa shape index (κ3) is 6.67. The molecular formula is C19H34N4O2. The lowest BCUT2D eigenvalue weighted by Gasteiger charge is -2.26. The minimum atomic E-state index is -0.0496. The fourth-order valence-corrected chi connectivity index (χ4v) is 3.86. The van der Waals surface area contributed by atoms with Gasteiger partial charge in [-0.1, -0.05) is 26.2 Å². The number of carbonyl (C=O) groups is 2. The maximum absolute atomic E-state index is 11.8.